The van der Waals surface area contributed by atoms with Gasteiger partial charge < -0.3 is 31.1 Å². The second kappa shape index (κ2) is 14.4. The van der Waals surface area contributed by atoms with Crippen LogP contribution in [0, 0.1) is 5.82 Å². The van der Waals surface area contributed by atoms with Gasteiger partial charge in [0.1, 0.15) is 23.4 Å². The fraction of sp³-hybridized carbons (Fsp3) is 0.294. The van der Waals surface area contributed by atoms with Crippen LogP contribution in [0.2, 0.25) is 0 Å². The SMILES string of the molecule is COc1ccc2cc1CCC(=O)Nc1ccc(S(=O)(=O)C3CC3)c(c1)CN(C)C(=O)[C@@H]2Nc1ccc2c(N)ncc(F)c2c1.O=C(O)C(F)(F)F. The number of nitrogen functional groups attached to an aromatic ring is 1. The predicted molar refractivity (Wildman–Crippen MR) is 179 cm³/mol. The van der Waals surface area contributed by atoms with E-state index >= 15 is 0 Å². The monoisotopic (exact) mass is 731 g/mol. The van der Waals surface area contributed by atoms with Gasteiger partial charge in [-0.3, -0.25) is 9.59 Å². The molecule has 4 aromatic rings. The maximum absolute atomic E-state index is 14.7. The summed E-state index contributed by atoms with van der Waals surface area (Å²) in [6.07, 6.45) is -2.39. The van der Waals surface area contributed by atoms with E-state index in [-0.39, 0.29) is 40.9 Å². The van der Waals surface area contributed by atoms with E-state index in [2.05, 4.69) is 15.6 Å². The van der Waals surface area contributed by atoms with Crippen LogP contribution in [0.15, 0.2) is 65.7 Å². The topological polar surface area (TPSA) is 181 Å². The molecule has 1 aromatic heterocycles. The minimum Gasteiger partial charge on any atom is -0.496 e. The average Bonchev–Trinajstić information content (AvgIpc) is 3.94. The lowest BCUT2D eigenvalue weighted by atomic mass is 9.98. The van der Waals surface area contributed by atoms with Gasteiger partial charge in [-0.25, -0.2) is 22.6 Å². The Labute approximate surface area is 289 Å². The number of anilines is 3. The van der Waals surface area contributed by atoms with Crippen molar-refractivity contribution in [2.45, 2.75) is 54.6 Å². The second-order valence-electron chi connectivity index (χ2n) is 12.0. The van der Waals surface area contributed by atoms with Gasteiger partial charge in [0.15, 0.2) is 9.84 Å². The number of methoxy groups -OCH3 is 1. The lowest BCUT2D eigenvalue weighted by Crippen LogP contribution is -2.35. The van der Waals surface area contributed by atoms with Crippen molar-refractivity contribution >= 4 is 55.6 Å². The fourth-order valence-electron chi connectivity index (χ4n) is 5.59. The molecule has 4 bridgehead atoms. The Bertz CT molecular complexity index is 2120. The fourth-order valence-corrected chi connectivity index (χ4v) is 7.45. The van der Waals surface area contributed by atoms with Crippen molar-refractivity contribution in [3.8, 4) is 5.75 Å². The highest BCUT2D eigenvalue weighted by atomic mass is 32.2. The van der Waals surface area contributed by atoms with Crippen molar-refractivity contribution in [2.75, 3.05) is 30.5 Å². The van der Waals surface area contributed by atoms with Crippen molar-refractivity contribution in [3.63, 3.8) is 0 Å². The van der Waals surface area contributed by atoms with Gasteiger partial charge in [0.2, 0.25) is 11.8 Å². The molecule has 51 heavy (non-hydrogen) atoms. The zero-order chi connectivity index (χ0) is 37.2. The van der Waals surface area contributed by atoms with E-state index in [0.717, 1.165) is 11.8 Å². The molecule has 6 rings (SSSR count). The molecule has 0 spiro atoms. The number of benzene rings is 3. The molecule has 12 nitrogen and oxygen atoms in total. The molecule has 1 atom stereocenters. The van der Waals surface area contributed by atoms with Crippen LogP contribution in [-0.2, 0) is 37.2 Å². The summed E-state index contributed by atoms with van der Waals surface area (Å²) in [4.78, 5) is 41.5. The van der Waals surface area contributed by atoms with Crippen LogP contribution in [0.1, 0.15) is 42.0 Å². The number of pyridine rings is 1. The molecule has 2 heterocycles. The Kier molecular flexibility index (Phi) is 10.4. The number of nitrogens with zero attached hydrogens (tertiary/aromatic N) is 2. The summed E-state index contributed by atoms with van der Waals surface area (Å²) in [7, 11) is -0.465. The Hall–Kier alpha value is -5.45. The van der Waals surface area contributed by atoms with Crippen molar-refractivity contribution in [2.24, 2.45) is 0 Å². The zero-order valence-corrected chi connectivity index (χ0v) is 28.1. The normalized spacial score (nSPS) is 16.7. The number of aryl methyl sites for hydroxylation is 1. The number of sulfone groups is 1. The summed E-state index contributed by atoms with van der Waals surface area (Å²) in [5.74, 6) is -3.15. The number of likely N-dealkylation sites (N-methyl/N-ethyl adjacent to an activating group) is 1. The van der Waals surface area contributed by atoms with Crippen LogP contribution in [-0.4, -0.2) is 66.8 Å². The maximum atomic E-state index is 14.7. The Morgan fingerprint density at radius 1 is 1.04 bits per heavy atom. The van der Waals surface area contributed by atoms with Gasteiger partial charge in [-0.05, 0) is 84.5 Å². The van der Waals surface area contributed by atoms with Crippen molar-refractivity contribution in [1.29, 1.82) is 0 Å². The van der Waals surface area contributed by atoms with Gasteiger partial charge >= 0.3 is 12.1 Å². The molecule has 1 saturated carbocycles. The molecular formula is C34H33F4N5O7S. The molecule has 270 valence electrons. The third-order valence-corrected chi connectivity index (χ3v) is 10.7. The number of fused-ring (bicyclic) bond motifs is 5. The second-order valence-corrected chi connectivity index (χ2v) is 14.2. The summed E-state index contributed by atoms with van der Waals surface area (Å²) in [5, 5.41) is 13.5. The van der Waals surface area contributed by atoms with Gasteiger partial charge in [-0.2, -0.15) is 13.2 Å². The van der Waals surface area contributed by atoms with Crippen LogP contribution in [0.5, 0.6) is 5.75 Å². The highest BCUT2D eigenvalue weighted by Crippen LogP contribution is 2.37. The van der Waals surface area contributed by atoms with Crippen molar-refractivity contribution < 1.29 is 50.2 Å². The van der Waals surface area contributed by atoms with E-state index in [1.54, 1.807) is 49.5 Å². The molecule has 1 fully saturated rings. The van der Waals surface area contributed by atoms with E-state index in [9.17, 15) is 35.6 Å². The number of alkyl halides is 3. The smallest absolute Gasteiger partial charge is 0.490 e. The Morgan fingerprint density at radius 3 is 2.39 bits per heavy atom. The van der Waals surface area contributed by atoms with E-state index < -0.39 is 39.1 Å². The summed E-state index contributed by atoms with van der Waals surface area (Å²) in [6.45, 7) is -0.0282. The molecule has 2 amide bonds. The van der Waals surface area contributed by atoms with Crippen LogP contribution in [0.25, 0.3) is 10.8 Å². The first-order chi connectivity index (χ1) is 24.0. The van der Waals surface area contributed by atoms with Crippen molar-refractivity contribution in [1.82, 2.24) is 9.88 Å². The Balaban J connectivity index is 0.000000654. The largest absolute Gasteiger partial charge is 0.496 e. The first kappa shape index (κ1) is 36.8. The lowest BCUT2D eigenvalue weighted by molar-refractivity contribution is -0.192. The number of halogens is 4. The number of hydrogen-bond donors (Lipinski definition) is 4. The quantitative estimate of drug-likeness (QED) is 0.199. The maximum Gasteiger partial charge on any atom is 0.490 e. The van der Waals surface area contributed by atoms with Gasteiger partial charge in [0.05, 0.1) is 23.5 Å². The number of ether oxygens (including phenoxy) is 1. The Morgan fingerprint density at radius 2 is 1.75 bits per heavy atom. The molecular weight excluding hydrogens is 698 g/mol. The molecule has 1 aliphatic heterocycles. The summed E-state index contributed by atoms with van der Waals surface area (Å²) >= 11 is 0. The van der Waals surface area contributed by atoms with Gasteiger partial charge in [-0.15, -0.1) is 0 Å². The average molecular weight is 732 g/mol. The number of carbonyl (C=O) groups is 3. The van der Waals surface area contributed by atoms with E-state index in [1.165, 1.54) is 18.1 Å². The number of rotatable bonds is 5. The molecule has 1 aliphatic carbocycles. The van der Waals surface area contributed by atoms with Crippen LogP contribution < -0.4 is 21.1 Å². The number of carbonyl (C=O) groups excluding carboxylic acids is 2. The van der Waals surface area contributed by atoms with Crippen molar-refractivity contribution in [3.05, 3.63) is 83.3 Å². The minimum absolute atomic E-state index is 0.0282. The van der Waals surface area contributed by atoms with Crippen LogP contribution >= 0.6 is 0 Å². The van der Waals surface area contributed by atoms with Gasteiger partial charge in [-0.1, -0.05) is 6.07 Å². The van der Waals surface area contributed by atoms with Crippen LogP contribution in [0.3, 0.4) is 0 Å². The summed E-state index contributed by atoms with van der Waals surface area (Å²) in [5.41, 5.74) is 8.59. The summed E-state index contributed by atoms with van der Waals surface area (Å²) in [6, 6.07) is 14.0. The molecule has 2 aliphatic rings. The predicted octanol–water partition coefficient (Wildman–Crippen LogP) is 5.23. The molecule has 0 unspecified atom stereocenters. The highest BCUT2D eigenvalue weighted by Gasteiger charge is 2.39. The number of nitrogens with one attached hydrogen (secondary N) is 2. The standard InChI is InChI=1S/C32H32FN5O5S.C2HF3O2/c1-38-17-20-14-21(6-11-28(20)44(41,42)23-7-8-23)36-29(39)12-4-18-13-19(3-10-27(18)43-2)30(32(38)40)37-22-5-9-24-25(15-22)26(33)16-35-31(24)34;3-2(4,5)1(6)7/h3,5-6,9-11,13-16,23,30,37H,4,7-8,12,17H2,1-2H3,(H2,34,35)(H,36,39);(H,6,7)/t30-;/m1./s1. The number of carboxylic acid groups (broad SMARTS) is 1. The highest BCUT2D eigenvalue weighted by molar-refractivity contribution is 7.92. The lowest BCUT2D eigenvalue weighted by Gasteiger charge is -2.27. The molecule has 0 saturated heterocycles. The number of aromatic nitrogens is 1. The third kappa shape index (κ3) is 8.30. The first-order valence-electron chi connectivity index (χ1n) is 15.5. The number of aliphatic carboxylic acids is 1. The van der Waals surface area contributed by atoms with E-state index in [1.807, 2.05) is 6.07 Å². The van der Waals surface area contributed by atoms with E-state index in [0.29, 0.717) is 52.9 Å². The molecule has 0 radical (unpaired) electrons. The number of carboxylic acids is 1. The number of hydrogen-bond acceptors (Lipinski definition) is 9. The third-order valence-electron chi connectivity index (χ3n) is 8.33. The minimum atomic E-state index is -5.08. The first-order valence-corrected chi connectivity index (χ1v) is 17.0. The zero-order valence-electron chi connectivity index (χ0n) is 27.3. The molecule has 5 N–H and O–H groups in total. The van der Waals surface area contributed by atoms with Crippen LogP contribution in [0.4, 0.5) is 34.8 Å². The molecule has 3 aromatic carbocycles. The van der Waals surface area contributed by atoms with Gasteiger partial charge in [0.25, 0.3) is 0 Å². The van der Waals surface area contributed by atoms with E-state index in [4.69, 9.17) is 20.4 Å². The number of nitrogens with two attached hydrogens (primary N) is 1. The van der Waals surface area contributed by atoms with Gasteiger partial charge in [0, 0.05) is 42.2 Å². The summed E-state index contributed by atoms with van der Waals surface area (Å²) < 4.78 is 78.6. The molecule has 17 heteroatoms. The number of amides is 2.